The Morgan fingerprint density at radius 3 is 2.80 bits per heavy atom. The minimum absolute atomic E-state index is 0.134. The number of aromatic nitrogens is 2. The van der Waals surface area contributed by atoms with Gasteiger partial charge in [-0.2, -0.15) is 5.10 Å². The van der Waals surface area contributed by atoms with Gasteiger partial charge in [-0.3, -0.25) is 5.10 Å². The lowest BCUT2D eigenvalue weighted by atomic mass is 9.89. The molecule has 1 aromatic heterocycles. The predicted molar refractivity (Wildman–Crippen MR) is 83.8 cm³/mol. The van der Waals surface area contributed by atoms with Crippen LogP contribution in [0.5, 0.6) is 0 Å². The summed E-state index contributed by atoms with van der Waals surface area (Å²) in [5, 5.41) is 11.0. The SMILES string of the molecule is CC(C)N1CC[C@@H](CNCc2cn[nH]c2C(C)(C)C)C1. The number of nitrogens with one attached hydrogen (secondary N) is 2. The fourth-order valence-corrected chi connectivity index (χ4v) is 3.00. The zero-order valence-corrected chi connectivity index (χ0v) is 13.7. The molecule has 1 aliphatic rings. The molecule has 1 saturated heterocycles. The van der Waals surface area contributed by atoms with Crippen molar-refractivity contribution in [2.45, 2.75) is 59.0 Å². The van der Waals surface area contributed by atoms with Gasteiger partial charge in [0.15, 0.2) is 0 Å². The van der Waals surface area contributed by atoms with Crippen LogP contribution in [-0.2, 0) is 12.0 Å². The third-order valence-corrected chi connectivity index (χ3v) is 4.26. The molecule has 1 aromatic rings. The van der Waals surface area contributed by atoms with Crippen LogP contribution in [0.1, 0.15) is 52.3 Å². The van der Waals surface area contributed by atoms with E-state index in [1.54, 1.807) is 0 Å². The molecule has 0 bridgehead atoms. The molecule has 1 aliphatic heterocycles. The van der Waals surface area contributed by atoms with Crippen LogP contribution in [0.3, 0.4) is 0 Å². The molecule has 1 atom stereocenters. The first-order valence-corrected chi connectivity index (χ1v) is 7.85. The van der Waals surface area contributed by atoms with Crippen molar-refractivity contribution in [2.75, 3.05) is 19.6 Å². The zero-order chi connectivity index (χ0) is 14.8. The first-order chi connectivity index (χ1) is 9.38. The lowest BCUT2D eigenvalue weighted by molar-refractivity contribution is 0.264. The summed E-state index contributed by atoms with van der Waals surface area (Å²) in [5.74, 6) is 0.794. The van der Waals surface area contributed by atoms with Gasteiger partial charge < -0.3 is 10.2 Å². The highest BCUT2D eigenvalue weighted by Gasteiger charge is 2.24. The molecule has 20 heavy (non-hydrogen) atoms. The van der Waals surface area contributed by atoms with Gasteiger partial charge in [-0.15, -0.1) is 0 Å². The lowest BCUT2D eigenvalue weighted by Crippen LogP contribution is -2.30. The third-order valence-electron chi connectivity index (χ3n) is 4.26. The largest absolute Gasteiger partial charge is 0.312 e. The maximum Gasteiger partial charge on any atom is 0.0535 e. The minimum atomic E-state index is 0.134. The van der Waals surface area contributed by atoms with E-state index in [-0.39, 0.29) is 5.41 Å². The molecule has 4 heteroatoms. The Kier molecular flexibility index (Phi) is 4.86. The smallest absolute Gasteiger partial charge is 0.0535 e. The van der Waals surface area contributed by atoms with Gasteiger partial charge in [0.25, 0.3) is 0 Å². The average molecular weight is 278 g/mol. The highest BCUT2D eigenvalue weighted by Crippen LogP contribution is 2.23. The Morgan fingerprint density at radius 1 is 1.45 bits per heavy atom. The Labute approximate surface area is 123 Å². The fraction of sp³-hybridized carbons (Fsp3) is 0.812. The van der Waals surface area contributed by atoms with Gasteiger partial charge in [0.05, 0.1) is 6.20 Å². The van der Waals surface area contributed by atoms with Gasteiger partial charge in [-0.25, -0.2) is 0 Å². The monoisotopic (exact) mass is 278 g/mol. The molecule has 114 valence electrons. The van der Waals surface area contributed by atoms with Crippen LogP contribution >= 0.6 is 0 Å². The second-order valence-electron chi connectivity index (χ2n) is 7.39. The van der Waals surface area contributed by atoms with Crippen molar-refractivity contribution in [3.8, 4) is 0 Å². The Bertz CT molecular complexity index is 416. The van der Waals surface area contributed by atoms with E-state index in [4.69, 9.17) is 0 Å². The number of rotatable bonds is 5. The van der Waals surface area contributed by atoms with Crippen molar-refractivity contribution < 1.29 is 0 Å². The second-order valence-corrected chi connectivity index (χ2v) is 7.39. The molecule has 0 aliphatic carbocycles. The molecule has 1 fully saturated rings. The topological polar surface area (TPSA) is 44.0 Å². The third kappa shape index (κ3) is 3.83. The minimum Gasteiger partial charge on any atom is -0.312 e. The number of nitrogens with zero attached hydrogens (tertiary/aromatic N) is 2. The van der Waals surface area contributed by atoms with Crippen LogP contribution in [0.2, 0.25) is 0 Å². The van der Waals surface area contributed by atoms with Crippen LogP contribution in [-0.4, -0.2) is 40.8 Å². The van der Waals surface area contributed by atoms with E-state index in [9.17, 15) is 0 Å². The summed E-state index contributed by atoms with van der Waals surface area (Å²) in [5.41, 5.74) is 2.69. The van der Waals surface area contributed by atoms with Crippen molar-refractivity contribution in [3.05, 3.63) is 17.5 Å². The van der Waals surface area contributed by atoms with E-state index < -0.39 is 0 Å². The number of hydrogen-bond acceptors (Lipinski definition) is 3. The van der Waals surface area contributed by atoms with Crippen molar-refractivity contribution in [3.63, 3.8) is 0 Å². The summed E-state index contributed by atoms with van der Waals surface area (Å²) in [4.78, 5) is 2.57. The van der Waals surface area contributed by atoms with Crippen LogP contribution in [0, 0.1) is 5.92 Å². The Morgan fingerprint density at radius 2 is 2.20 bits per heavy atom. The summed E-state index contributed by atoms with van der Waals surface area (Å²) in [6, 6.07) is 0.682. The maximum atomic E-state index is 4.20. The Balaban J connectivity index is 1.79. The van der Waals surface area contributed by atoms with E-state index in [0.29, 0.717) is 6.04 Å². The van der Waals surface area contributed by atoms with Gasteiger partial charge in [0.1, 0.15) is 0 Å². The van der Waals surface area contributed by atoms with E-state index in [1.165, 1.54) is 30.8 Å². The first kappa shape index (κ1) is 15.5. The van der Waals surface area contributed by atoms with E-state index in [2.05, 4.69) is 55.0 Å². The maximum absolute atomic E-state index is 4.20. The lowest BCUT2D eigenvalue weighted by Gasteiger charge is -2.21. The average Bonchev–Trinajstić information content (AvgIpc) is 2.96. The summed E-state index contributed by atoms with van der Waals surface area (Å²) in [6.07, 6.45) is 3.28. The van der Waals surface area contributed by atoms with Crippen LogP contribution in [0.4, 0.5) is 0 Å². The van der Waals surface area contributed by atoms with Crippen molar-refractivity contribution in [1.29, 1.82) is 0 Å². The molecule has 4 nitrogen and oxygen atoms in total. The molecule has 0 radical (unpaired) electrons. The van der Waals surface area contributed by atoms with E-state index in [1.807, 2.05) is 6.20 Å². The number of H-pyrrole nitrogens is 1. The highest BCUT2D eigenvalue weighted by atomic mass is 15.2. The normalized spacial score (nSPS) is 21.0. The Hall–Kier alpha value is -0.870. The molecule has 0 spiro atoms. The van der Waals surface area contributed by atoms with Crippen molar-refractivity contribution in [2.24, 2.45) is 5.92 Å². The highest BCUT2D eigenvalue weighted by molar-refractivity contribution is 5.23. The van der Waals surface area contributed by atoms with E-state index in [0.717, 1.165) is 19.0 Å². The second kappa shape index (κ2) is 6.27. The van der Waals surface area contributed by atoms with Gasteiger partial charge in [0.2, 0.25) is 0 Å². The molecular weight excluding hydrogens is 248 g/mol. The van der Waals surface area contributed by atoms with Gasteiger partial charge in [0, 0.05) is 35.8 Å². The van der Waals surface area contributed by atoms with Gasteiger partial charge in [-0.1, -0.05) is 20.8 Å². The molecular formula is C16H30N4. The quantitative estimate of drug-likeness (QED) is 0.870. The summed E-state index contributed by atoms with van der Waals surface area (Å²) in [7, 11) is 0. The van der Waals surface area contributed by atoms with Gasteiger partial charge in [-0.05, 0) is 39.3 Å². The molecule has 0 aromatic carbocycles. The number of likely N-dealkylation sites (tertiary alicyclic amines) is 1. The van der Waals surface area contributed by atoms with Crippen LogP contribution in [0.25, 0.3) is 0 Å². The molecule has 0 amide bonds. The predicted octanol–water partition coefficient (Wildman–Crippen LogP) is 2.53. The number of aromatic amines is 1. The fourth-order valence-electron chi connectivity index (χ4n) is 3.00. The molecule has 2 rings (SSSR count). The van der Waals surface area contributed by atoms with Crippen molar-refractivity contribution >= 4 is 0 Å². The summed E-state index contributed by atoms with van der Waals surface area (Å²) >= 11 is 0. The van der Waals surface area contributed by atoms with Crippen LogP contribution < -0.4 is 5.32 Å². The van der Waals surface area contributed by atoms with Crippen molar-refractivity contribution in [1.82, 2.24) is 20.4 Å². The summed E-state index contributed by atoms with van der Waals surface area (Å²) < 4.78 is 0. The van der Waals surface area contributed by atoms with Gasteiger partial charge >= 0.3 is 0 Å². The van der Waals surface area contributed by atoms with E-state index >= 15 is 0 Å². The number of hydrogen-bond donors (Lipinski definition) is 2. The van der Waals surface area contributed by atoms with Crippen LogP contribution in [0.15, 0.2) is 6.20 Å². The molecule has 2 heterocycles. The standard InChI is InChI=1S/C16H30N4/c1-12(2)20-7-6-13(11-20)8-17-9-14-10-18-19-15(14)16(3,4)5/h10,12-13,17H,6-9,11H2,1-5H3,(H,18,19)/t13-/m0/s1. The molecule has 0 saturated carbocycles. The molecule has 2 N–H and O–H groups in total. The summed E-state index contributed by atoms with van der Waals surface area (Å²) in [6.45, 7) is 15.8. The molecule has 0 unspecified atom stereocenters. The zero-order valence-electron chi connectivity index (χ0n) is 13.7. The first-order valence-electron chi connectivity index (χ1n) is 7.85.